The second-order valence-electron chi connectivity index (χ2n) is 8.10. The van der Waals surface area contributed by atoms with Crippen LogP contribution in [-0.4, -0.2) is 9.97 Å². The molecule has 5 aliphatic carbocycles. The molecule has 0 radical (unpaired) electrons. The maximum Gasteiger partial charge on any atom is 0.129 e. The summed E-state index contributed by atoms with van der Waals surface area (Å²) in [6.45, 7) is 0. The fourth-order valence-electron chi connectivity index (χ4n) is 6.83. The molecule has 0 aliphatic heterocycles. The molecule has 2 heterocycles. The largest absolute Gasteiger partial charge is 0.254 e. The average Bonchev–Trinajstić information content (AvgIpc) is 2.83. The Hall–Kier alpha value is -1.41. The lowest BCUT2D eigenvalue weighted by atomic mass is 9.43. The Morgan fingerprint density at radius 1 is 0.870 bits per heavy atom. The minimum Gasteiger partial charge on any atom is -0.254 e. The Kier molecular flexibility index (Phi) is 2.34. The predicted molar refractivity (Wildman–Crippen MR) is 90.3 cm³/mol. The van der Waals surface area contributed by atoms with Gasteiger partial charge in [-0.2, -0.15) is 0 Å². The van der Waals surface area contributed by atoms with Crippen molar-refractivity contribution in [2.45, 2.75) is 37.5 Å². The van der Waals surface area contributed by atoms with Gasteiger partial charge in [-0.3, -0.25) is 4.98 Å². The van der Waals surface area contributed by atoms with Crippen molar-refractivity contribution in [3.05, 3.63) is 46.7 Å². The molecule has 1 spiro atoms. The monoisotopic (exact) mass is 322 g/mol. The van der Waals surface area contributed by atoms with Crippen LogP contribution in [0.1, 0.15) is 43.2 Å². The lowest BCUT2D eigenvalue weighted by Crippen LogP contribution is -2.55. The van der Waals surface area contributed by atoms with E-state index in [0.717, 1.165) is 35.1 Å². The van der Waals surface area contributed by atoms with Crippen LogP contribution in [0.3, 0.4) is 0 Å². The molecule has 0 aromatic carbocycles. The summed E-state index contributed by atoms with van der Waals surface area (Å²) in [5.74, 6) is 3.47. The summed E-state index contributed by atoms with van der Waals surface area (Å²) in [5.41, 5.74) is 5.19. The number of fused-ring (bicyclic) bond motifs is 3. The van der Waals surface area contributed by atoms with Gasteiger partial charge in [-0.15, -0.1) is 0 Å². The van der Waals surface area contributed by atoms with Crippen molar-refractivity contribution in [2.24, 2.45) is 23.7 Å². The molecule has 2 aromatic heterocycles. The van der Waals surface area contributed by atoms with E-state index in [1.54, 1.807) is 0 Å². The third kappa shape index (κ3) is 1.43. The third-order valence-corrected chi connectivity index (χ3v) is 7.42. The molecule has 4 bridgehead atoms. The summed E-state index contributed by atoms with van der Waals surface area (Å²) < 4.78 is 0. The van der Waals surface area contributed by atoms with E-state index in [1.165, 1.54) is 43.2 Å². The molecule has 0 amide bonds. The average molecular weight is 323 g/mol. The van der Waals surface area contributed by atoms with Gasteiger partial charge in [-0.05, 0) is 79.0 Å². The van der Waals surface area contributed by atoms with E-state index in [0.29, 0.717) is 5.15 Å². The van der Waals surface area contributed by atoms with Crippen LogP contribution in [-0.2, 0) is 5.41 Å². The van der Waals surface area contributed by atoms with E-state index >= 15 is 0 Å². The van der Waals surface area contributed by atoms with Crippen molar-refractivity contribution in [1.29, 1.82) is 0 Å². The van der Waals surface area contributed by atoms with Gasteiger partial charge in [0.2, 0.25) is 0 Å². The molecular formula is C20H19ClN2. The second-order valence-corrected chi connectivity index (χ2v) is 8.49. The first-order chi connectivity index (χ1) is 11.3. The van der Waals surface area contributed by atoms with Gasteiger partial charge in [-0.25, -0.2) is 4.98 Å². The van der Waals surface area contributed by atoms with Gasteiger partial charge < -0.3 is 0 Å². The second kappa shape index (κ2) is 4.16. The Bertz CT molecular complexity index is 800. The maximum atomic E-state index is 6.23. The quantitative estimate of drug-likeness (QED) is 0.648. The lowest BCUT2D eigenvalue weighted by Gasteiger charge is -2.60. The number of halogens is 1. The van der Waals surface area contributed by atoms with Gasteiger partial charge in [0.05, 0.1) is 11.4 Å². The van der Waals surface area contributed by atoms with Crippen LogP contribution in [0.5, 0.6) is 0 Å². The molecule has 2 aromatic rings. The molecule has 2 nitrogen and oxygen atoms in total. The minimum atomic E-state index is 0.171. The van der Waals surface area contributed by atoms with E-state index in [2.05, 4.69) is 18.2 Å². The summed E-state index contributed by atoms with van der Waals surface area (Å²) in [6.07, 6.45) is 8.95. The zero-order chi connectivity index (χ0) is 15.2. The number of aromatic nitrogens is 2. The van der Waals surface area contributed by atoms with Crippen LogP contribution < -0.4 is 0 Å². The molecule has 3 heteroatoms. The van der Waals surface area contributed by atoms with Gasteiger partial charge in [-0.1, -0.05) is 23.7 Å². The van der Waals surface area contributed by atoms with Crippen LogP contribution in [0.15, 0.2) is 30.5 Å². The van der Waals surface area contributed by atoms with Gasteiger partial charge in [0, 0.05) is 11.6 Å². The Morgan fingerprint density at radius 2 is 1.57 bits per heavy atom. The van der Waals surface area contributed by atoms with E-state index < -0.39 is 0 Å². The van der Waals surface area contributed by atoms with Gasteiger partial charge in [0.25, 0.3) is 0 Å². The number of nitrogens with zero attached hydrogens (tertiary/aromatic N) is 2. The topological polar surface area (TPSA) is 25.8 Å². The van der Waals surface area contributed by atoms with Gasteiger partial charge in [0.1, 0.15) is 5.15 Å². The molecule has 0 unspecified atom stereocenters. The molecule has 0 atom stereocenters. The molecule has 7 rings (SSSR count). The highest BCUT2D eigenvalue weighted by molar-refractivity contribution is 6.29. The molecular weight excluding hydrogens is 304 g/mol. The van der Waals surface area contributed by atoms with Crippen molar-refractivity contribution < 1.29 is 0 Å². The fourth-order valence-corrected chi connectivity index (χ4v) is 6.98. The molecule has 23 heavy (non-hydrogen) atoms. The van der Waals surface area contributed by atoms with Crippen LogP contribution in [0, 0.1) is 23.7 Å². The normalized spacial score (nSPS) is 38.8. The van der Waals surface area contributed by atoms with Gasteiger partial charge in [0.15, 0.2) is 0 Å². The summed E-state index contributed by atoms with van der Waals surface area (Å²) in [5, 5.41) is 0.584. The Labute approximate surface area is 141 Å². The summed E-state index contributed by atoms with van der Waals surface area (Å²) in [6, 6.07) is 8.67. The van der Waals surface area contributed by atoms with Gasteiger partial charge >= 0.3 is 0 Å². The van der Waals surface area contributed by atoms with E-state index in [4.69, 9.17) is 21.6 Å². The first-order valence-corrected chi connectivity index (χ1v) is 9.27. The SMILES string of the molecule is Clc1ccc2c(n1)-c1ncccc1C21C2CC3CC(C2)CC1C3. The highest BCUT2D eigenvalue weighted by Gasteiger charge is 2.62. The number of rotatable bonds is 0. The number of hydrogen-bond acceptors (Lipinski definition) is 2. The summed E-state index contributed by atoms with van der Waals surface area (Å²) in [7, 11) is 0. The Balaban J connectivity index is 1.68. The zero-order valence-corrected chi connectivity index (χ0v) is 13.8. The molecule has 5 aliphatic rings. The highest BCUT2D eigenvalue weighted by atomic mass is 35.5. The van der Waals surface area contributed by atoms with Crippen LogP contribution in [0.4, 0.5) is 0 Å². The maximum absolute atomic E-state index is 6.23. The van der Waals surface area contributed by atoms with Crippen molar-refractivity contribution in [3.8, 4) is 11.4 Å². The molecule has 116 valence electrons. The van der Waals surface area contributed by atoms with E-state index in [-0.39, 0.29) is 5.41 Å². The smallest absolute Gasteiger partial charge is 0.129 e. The first kappa shape index (κ1) is 12.9. The standard InChI is InChI=1S/C20H19ClN2/c21-17-4-3-16-19(23-17)18-15(2-1-5-22-18)20(16)13-7-11-6-12(9-13)10-14(20)8-11/h1-5,11-14H,6-10H2. The predicted octanol–water partition coefficient (Wildman–Crippen LogP) is 4.85. The molecule has 0 saturated heterocycles. The van der Waals surface area contributed by atoms with Crippen LogP contribution in [0.25, 0.3) is 11.4 Å². The van der Waals surface area contributed by atoms with E-state index in [9.17, 15) is 0 Å². The van der Waals surface area contributed by atoms with Crippen molar-refractivity contribution in [1.82, 2.24) is 9.97 Å². The highest BCUT2D eigenvalue weighted by Crippen LogP contribution is 2.68. The third-order valence-electron chi connectivity index (χ3n) is 7.21. The van der Waals surface area contributed by atoms with Crippen LogP contribution >= 0.6 is 11.6 Å². The molecule has 4 fully saturated rings. The molecule has 4 saturated carbocycles. The van der Waals surface area contributed by atoms with Crippen molar-refractivity contribution in [3.63, 3.8) is 0 Å². The minimum absolute atomic E-state index is 0.171. The lowest BCUT2D eigenvalue weighted by molar-refractivity contribution is -0.0400. The summed E-state index contributed by atoms with van der Waals surface area (Å²) >= 11 is 6.23. The Morgan fingerprint density at radius 3 is 2.30 bits per heavy atom. The zero-order valence-electron chi connectivity index (χ0n) is 13.0. The molecule has 0 N–H and O–H groups in total. The first-order valence-electron chi connectivity index (χ1n) is 8.89. The summed E-state index contributed by atoms with van der Waals surface area (Å²) in [4.78, 5) is 9.43. The number of pyridine rings is 2. The number of hydrogen-bond donors (Lipinski definition) is 0. The van der Waals surface area contributed by atoms with Crippen molar-refractivity contribution >= 4 is 11.6 Å². The van der Waals surface area contributed by atoms with Crippen LogP contribution in [0.2, 0.25) is 5.15 Å². The van der Waals surface area contributed by atoms with Crippen molar-refractivity contribution in [2.75, 3.05) is 0 Å². The van der Waals surface area contributed by atoms with E-state index in [1.807, 2.05) is 12.3 Å². The fraction of sp³-hybridized carbons (Fsp3) is 0.500.